The predicted molar refractivity (Wildman–Crippen MR) is 99.2 cm³/mol. The van der Waals surface area contributed by atoms with Gasteiger partial charge in [-0.3, -0.25) is 14.9 Å². The summed E-state index contributed by atoms with van der Waals surface area (Å²) < 4.78 is 5.20. The summed E-state index contributed by atoms with van der Waals surface area (Å²) >= 11 is 7.31. The van der Waals surface area contributed by atoms with E-state index in [1.807, 2.05) is 17.5 Å². The van der Waals surface area contributed by atoms with E-state index in [1.54, 1.807) is 30.3 Å². The summed E-state index contributed by atoms with van der Waals surface area (Å²) in [6.07, 6.45) is -0.161. The van der Waals surface area contributed by atoms with Gasteiger partial charge in [0.1, 0.15) is 11.6 Å². The second kappa shape index (κ2) is 8.07. The fraction of sp³-hybridized carbons (Fsp3) is 0.111. The van der Waals surface area contributed by atoms with Crippen molar-refractivity contribution in [2.75, 3.05) is 0 Å². The van der Waals surface area contributed by atoms with Crippen LogP contribution in [0.25, 0.3) is 10.6 Å². The molecular formula is C18H13ClN2O4S. The van der Waals surface area contributed by atoms with Crippen LogP contribution in [0, 0.1) is 10.1 Å². The molecule has 0 N–H and O–H groups in total. The molecule has 0 aliphatic heterocycles. The standard InChI is InChI=1S/C18H13ClN2O4S/c19-14-7-5-12(6-8-14)18-20-15(11-26-18)10-25-17(22)9-13-3-1-2-4-16(13)21(23)24/h1-8,11H,9-10H2. The van der Waals surface area contributed by atoms with Crippen LogP contribution in [-0.4, -0.2) is 15.9 Å². The molecule has 26 heavy (non-hydrogen) atoms. The van der Waals surface area contributed by atoms with E-state index < -0.39 is 10.9 Å². The molecule has 0 bridgehead atoms. The number of rotatable bonds is 6. The van der Waals surface area contributed by atoms with Crippen molar-refractivity contribution in [3.63, 3.8) is 0 Å². The number of esters is 1. The summed E-state index contributed by atoms with van der Waals surface area (Å²) in [5, 5.41) is 14.2. The molecule has 2 aromatic carbocycles. The molecular weight excluding hydrogens is 376 g/mol. The van der Waals surface area contributed by atoms with Crippen molar-refractivity contribution < 1.29 is 14.5 Å². The number of nitro benzene ring substituents is 1. The van der Waals surface area contributed by atoms with E-state index in [2.05, 4.69) is 4.98 Å². The lowest BCUT2D eigenvalue weighted by molar-refractivity contribution is -0.385. The molecule has 0 aliphatic rings. The van der Waals surface area contributed by atoms with Crippen LogP contribution in [0.15, 0.2) is 53.9 Å². The average molecular weight is 389 g/mol. The zero-order valence-corrected chi connectivity index (χ0v) is 15.0. The lowest BCUT2D eigenvalue weighted by Crippen LogP contribution is -2.09. The summed E-state index contributed by atoms with van der Waals surface area (Å²) in [6, 6.07) is 13.4. The van der Waals surface area contributed by atoms with Gasteiger partial charge in [-0.1, -0.05) is 41.9 Å². The summed E-state index contributed by atoms with van der Waals surface area (Å²) in [7, 11) is 0. The molecule has 0 amide bonds. The van der Waals surface area contributed by atoms with Crippen LogP contribution >= 0.6 is 22.9 Å². The van der Waals surface area contributed by atoms with Crippen molar-refractivity contribution in [3.8, 4) is 10.6 Å². The van der Waals surface area contributed by atoms with Gasteiger partial charge in [0.2, 0.25) is 0 Å². The Balaban J connectivity index is 1.60. The number of hydrogen-bond donors (Lipinski definition) is 0. The van der Waals surface area contributed by atoms with E-state index in [0.717, 1.165) is 10.6 Å². The third kappa shape index (κ3) is 4.44. The van der Waals surface area contributed by atoms with Crippen LogP contribution in [0.1, 0.15) is 11.3 Å². The van der Waals surface area contributed by atoms with Crippen molar-refractivity contribution in [2.24, 2.45) is 0 Å². The first-order valence-corrected chi connectivity index (χ1v) is 8.87. The average Bonchev–Trinajstić information content (AvgIpc) is 3.10. The van der Waals surface area contributed by atoms with Gasteiger partial charge in [-0.2, -0.15) is 0 Å². The number of nitro groups is 1. The highest BCUT2D eigenvalue weighted by Gasteiger charge is 2.16. The molecule has 0 spiro atoms. The first-order valence-electron chi connectivity index (χ1n) is 7.61. The van der Waals surface area contributed by atoms with Crippen LogP contribution in [0.4, 0.5) is 5.69 Å². The number of carbonyl (C=O) groups excluding carboxylic acids is 1. The van der Waals surface area contributed by atoms with Gasteiger partial charge >= 0.3 is 5.97 Å². The van der Waals surface area contributed by atoms with Crippen LogP contribution in [0.5, 0.6) is 0 Å². The van der Waals surface area contributed by atoms with Crippen molar-refractivity contribution in [3.05, 3.63) is 80.3 Å². The van der Waals surface area contributed by atoms with Crippen LogP contribution < -0.4 is 0 Å². The molecule has 1 aromatic heterocycles. The van der Waals surface area contributed by atoms with Crippen molar-refractivity contribution >= 4 is 34.6 Å². The van der Waals surface area contributed by atoms with E-state index in [4.69, 9.17) is 16.3 Å². The molecule has 3 aromatic rings. The fourth-order valence-corrected chi connectivity index (χ4v) is 3.23. The molecule has 8 heteroatoms. The summed E-state index contributed by atoms with van der Waals surface area (Å²) in [5.41, 5.74) is 1.78. The van der Waals surface area contributed by atoms with E-state index in [1.165, 1.54) is 17.4 Å². The maximum atomic E-state index is 12.0. The largest absolute Gasteiger partial charge is 0.459 e. The summed E-state index contributed by atoms with van der Waals surface area (Å²) in [6.45, 7) is 0.0174. The molecule has 132 valence electrons. The molecule has 0 radical (unpaired) electrons. The van der Waals surface area contributed by atoms with Crippen molar-refractivity contribution in [1.82, 2.24) is 4.98 Å². The quantitative estimate of drug-likeness (QED) is 0.348. The third-order valence-electron chi connectivity index (χ3n) is 3.55. The fourth-order valence-electron chi connectivity index (χ4n) is 2.30. The molecule has 0 atom stereocenters. The number of para-hydroxylation sites is 1. The Kier molecular flexibility index (Phi) is 5.60. The highest BCUT2D eigenvalue weighted by molar-refractivity contribution is 7.13. The molecule has 6 nitrogen and oxygen atoms in total. The van der Waals surface area contributed by atoms with Crippen LogP contribution in [0.3, 0.4) is 0 Å². The number of hydrogen-bond acceptors (Lipinski definition) is 6. The van der Waals surface area contributed by atoms with Gasteiger partial charge in [0.05, 0.1) is 17.0 Å². The summed E-state index contributed by atoms with van der Waals surface area (Å²) in [4.78, 5) is 26.9. The van der Waals surface area contributed by atoms with Gasteiger partial charge in [0, 0.05) is 27.6 Å². The first kappa shape index (κ1) is 18.0. The Labute approximate surface area is 158 Å². The molecule has 3 rings (SSSR count). The Morgan fingerprint density at radius 1 is 1.19 bits per heavy atom. The SMILES string of the molecule is O=C(Cc1ccccc1[N+](=O)[O-])OCc1csc(-c2ccc(Cl)cc2)n1. The highest BCUT2D eigenvalue weighted by Crippen LogP contribution is 2.25. The third-order valence-corrected chi connectivity index (χ3v) is 4.74. The summed E-state index contributed by atoms with van der Waals surface area (Å²) in [5.74, 6) is -0.541. The van der Waals surface area contributed by atoms with E-state index >= 15 is 0 Å². The van der Waals surface area contributed by atoms with E-state index in [0.29, 0.717) is 16.3 Å². The predicted octanol–water partition coefficient (Wildman–Crippen LogP) is 4.66. The number of halogens is 1. The molecule has 0 unspecified atom stereocenters. The molecule has 1 heterocycles. The number of nitrogens with zero attached hydrogens (tertiary/aromatic N) is 2. The zero-order chi connectivity index (χ0) is 18.5. The smallest absolute Gasteiger partial charge is 0.310 e. The van der Waals surface area contributed by atoms with Gasteiger partial charge in [-0.25, -0.2) is 4.98 Å². The Morgan fingerprint density at radius 3 is 2.65 bits per heavy atom. The maximum Gasteiger partial charge on any atom is 0.310 e. The van der Waals surface area contributed by atoms with Gasteiger partial charge in [0.25, 0.3) is 5.69 Å². The number of aromatic nitrogens is 1. The van der Waals surface area contributed by atoms with Crippen molar-refractivity contribution in [2.45, 2.75) is 13.0 Å². The lowest BCUT2D eigenvalue weighted by atomic mass is 10.1. The lowest BCUT2D eigenvalue weighted by Gasteiger charge is -2.04. The van der Waals surface area contributed by atoms with Crippen molar-refractivity contribution in [1.29, 1.82) is 0 Å². The normalized spacial score (nSPS) is 10.5. The minimum atomic E-state index is -0.541. The second-order valence-electron chi connectivity index (χ2n) is 5.37. The van der Waals surface area contributed by atoms with Gasteiger partial charge in [-0.05, 0) is 12.1 Å². The highest BCUT2D eigenvalue weighted by atomic mass is 35.5. The van der Waals surface area contributed by atoms with Gasteiger partial charge in [-0.15, -0.1) is 11.3 Å². The monoisotopic (exact) mass is 388 g/mol. The van der Waals surface area contributed by atoms with Crippen LogP contribution in [-0.2, 0) is 22.6 Å². The molecule has 0 saturated carbocycles. The molecule has 0 saturated heterocycles. The van der Waals surface area contributed by atoms with Gasteiger partial charge < -0.3 is 4.74 Å². The number of benzene rings is 2. The Morgan fingerprint density at radius 2 is 1.92 bits per heavy atom. The number of carbonyl (C=O) groups is 1. The topological polar surface area (TPSA) is 82.3 Å². The Hall–Kier alpha value is -2.77. The maximum absolute atomic E-state index is 12.0. The van der Waals surface area contributed by atoms with Gasteiger partial charge in [0.15, 0.2) is 0 Å². The van der Waals surface area contributed by atoms with E-state index in [9.17, 15) is 14.9 Å². The zero-order valence-electron chi connectivity index (χ0n) is 13.4. The molecule has 0 fully saturated rings. The van der Waals surface area contributed by atoms with E-state index in [-0.39, 0.29) is 18.7 Å². The second-order valence-corrected chi connectivity index (χ2v) is 6.67. The number of thiazole rings is 1. The Bertz CT molecular complexity index is 940. The molecule has 0 aliphatic carbocycles. The minimum Gasteiger partial charge on any atom is -0.459 e. The minimum absolute atomic E-state index is 0.0174. The first-order chi connectivity index (χ1) is 12.5. The van der Waals surface area contributed by atoms with Crippen LogP contribution in [0.2, 0.25) is 5.02 Å². The number of ether oxygens (including phenoxy) is 1.